The summed E-state index contributed by atoms with van der Waals surface area (Å²) in [6.45, 7) is 0.406. The molecule has 0 spiro atoms. The molecule has 10 heteroatoms. The molecule has 130 valence electrons. The third kappa shape index (κ3) is 3.81. The van der Waals surface area contributed by atoms with E-state index in [1.165, 1.54) is 6.20 Å². The molecule has 0 unspecified atom stereocenters. The van der Waals surface area contributed by atoms with Crippen molar-refractivity contribution in [3.8, 4) is 5.88 Å². The number of hydrogen-bond acceptors (Lipinski definition) is 5. The van der Waals surface area contributed by atoms with Crippen molar-refractivity contribution in [3.63, 3.8) is 0 Å². The minimum absolute atomic E-state index is 0.0255. The van der Waals surface area contributed by atoms with Gasteiger partial charge in [-0.1, -0.05) is 11.6 Å². The molecule has 0 aliphatic carbocycles. The maximum Gasteiger partial charge on any atom is 0.249 e. The number of ether oxygens (including phenoxy) is 1. The van der Waals surface area contributed by atoms with Gasteiger partial charge in [-0.2, -0.15) is 4.98 Å². The average molecular weight is 381 g/mol. The van der Waals surface area contributed by atoms with Gasteiger partial charge in [0.1, 0.15) is 12.1 Å². The molecular weight excluding hydrogens is 368 g/mol. The Balaban J connectivity index is 1.84. The van der Waals surface area contributed by atoms with Gasteiger partial charge in [-0.25, -0.2) is 23.1 Å². The predicted molar refractivity (Wildman–Crippen MR) is 83.4 cm³/mol. The summed E-state index contributed by atoms with van der Waals surface area (Å²) in [6.07, 6.45) is 1.13. The van der Waals surface area contributed by atoms with E-state index < -0.39 is 22.9 Å². The van der Waals surface area contributed by atoms with Crippen LogP contribution in [0.2, 0.25) is 10.4 Å². The maximum atomic E-state index is 14.0. The predicted octanol–water partition coefficient (Wildman–Crippen LogP) is 3.63. The molecular formula is C14H13Cl2F3N4O. The molecule has 3 rings (SSSR count). The van der Waals surface area contributed by atoms with Crippen LogP contribution in [0.4, 0.5) is 13.2 Å². The molecule has 1 aliphatic rings. The van der Waals surface area contributed by atoms with Crippen LogP contribution < -0.4 is 10.1 Å². The van der Waals surface area contributed by atoms with Gasteiger partial charge in [0.15, 0.2) is 11.0 Å². The number of halogens is 5. The summed E-state index contributed by atoms with van der Waals surface area (Å²) < 4.78 is 46.8. The Morgan fingerprint density at radius 2 is 2.12 bits per heavy atom. The molecule has 1 N–H and O–H groups in total. The van der Waals surface area contributed by atoms with Gasteiger partial charge in [0.05, 0.1) is 5.39 Å². The second-order valence-electron chi connectivity index (χ2n) is 5.55. The van der Waals surface area contributed by atoms with E-state index in [1.807, 2.05) is 0 Å². The molecule has 24 heavy (non-hydrogen) atoms. The first-order chi connectivity index (χ1) is 11.4. The molecule has 2 aromatic heterocycles. The Morgan fingerprint density at radius 3 is 2.92 bits per heavy atom. The smallest absolute Gasteiger partial charge is 0.249 e. The van der Waals surface area contributed by atoms with Crippen molar-refractivity contribution in [2.24, 2.45) is 0 Å². The van der Waals surface area contributed by atoms with E-state index in [9.17, 15) is 13.2 Å². The number of pyridine rings is 1. The van der Waals surface area contributed by atoms with Crippen LogP contribution in [0.3, 0.4) is 0 Å². The lowest BCUT2D eigenvalue weighted by atomic mass is 10.1. The quantitative estimate of drug-likeness (QED) is 0.650. The normalized spacial score (nSPS) is 20.8. The summed E-state index contributed by atoms with van der Waals surface area (Å²) in [7, 11) is 0. The van der Waals surface area contributed by atoms with Crippen LogP contribution >= 0.6 is 23.2 Å². The highest BCUT2D eigenvalue weighted by molar-refractivity contribution is 6.30. The standard InChI is InChI=1S/C14H13Cl2F3N4O/c15-11-9(17)10-8(5-21-13(16)22-10)12(23-11)24-6-7-4-14(18,19)2-1-3-20-7/h5,7,20H,1-4,6H2/t7-/m0/s1. The summed E-state index contributed by atoms with van der Waals surface area (Å²) in [5.74, 6) is -3.62. The first-order valence-corrected chi connectivity index (χ1v) is 8.02. The van der Waals surface area contributed by atoms with Crippen LogP contribution in [0.25, 0.3) is 10.9 Å². The maximum absolute atomic E-state index is 14.0. The topological polar surface area (TPSA) is 59.9 Å². The number of nitrogens with one attached hydrogen (secondary N) is 1. The fourth-order valence-electron chi connectivity index (χ4n) is 2.58. The van der Waals surface area contributed by atoms with Crippen LogP contribution in [0, 0.1) is 5.82 Å². The largest absolute Gasteiger partial charge is 0.475 e. The van der Waals surface area contributed by atoms with Gasteiger partial charge in [0.2, 0.25) is 17.1 Å². The van der Waals surface area contributed by atoms with Gasteiger partial charge in [-0.05, 0) is 24.6 Å². The Bertz CT molecular complexity index is 762. The lowest BCUT2D eigenvalue weighted by Gasteiger charge is -2.20. The van der Waals surface area contributed by atoms with Crippen molar-refractivity contribution in [1.82, 2.24) is 20.3 Å². The molecule has 2 aromatic rings. The third-order valence-electron chi connectivity index (χ3n) is 3.70. The first-order valence-electron chi connectivity index (χ1n) is 7.27. The molecule has 0 amide bonds. The van der Waals surface area contributed by atoms with Crippen molar-refractivity contribution in [1.29, 1.82) is 0 Å². The summed E-state index contributed by atoms with van der Waals surface area (Å²) in [4.78, 5) is 11.3. The zero-order chi connectivity index (χ0) is 17.3. The molecule has 1 fully saturated rings. The van der Waals surface area contributed by atoms with Crippen LogP contribution in [0.1, 0.15) is 19.3 Å². The van der Waals surface area contributed by atoms with E-state index in [2.05, 4.69) is 20.3 Å². The minimum atomic E-state index is -2.75. The van der Waals surface area contributed by atoms with Crippen LogP contribution in [0.5, 0.6) is 5.88 Å². The second-order valence-corrected chi connectivity index (χ2v) is 6.24. The Hall–Kier alpha value is -1.38. The van der Waals surface area contributed by atoms with E-state index in [1.54, 1.807) is 0 Å². The van der Waals surface area contributed by atoms with Gasteiger partial charge in [0.25, 0.3) is 0 Å². The molecule has 3 heterocycles. The van der Waals surface area contributed by atoms with Crippen molar-refractivity contribution >= 4 is 34.1 Å². The highest BCUT2D eigenvalue weighted by atomic mass is 35.5. The highest BCUT2D eigenvalue weighted by Gasteiger charge is 2.34. The summed E-state index contributed by atoms with van der Waals surface area (Å²) >= 11 is 11.4. The third-order valence-corrected chi connectivity index (χ3v) is 4.13. The molecule has 0 bridgehead atoms. The lowest BCUT2D eigenvalue weighted by molar-refractivity contribution is -0.0218. The van der Waals surface area contributed by atoms with Crippen LogP contribution in [-0.2, 0) is 0 Å². The van der Waals surface area contributed by atoms with Crippen molar-refractivity contribution in [2.45, 2.75) is 31.2 Å². The second kappa shape index (κ2) is 6.85. The number of fused-ring (bicyclic) bond motifs is 1. The number of aromatic nitrogens is 3. The number of rotatable bonds is 3. The molecule has 0 saturated carbocycles. The number of nitrogens with zero attached hydrogens (tertiary/aromatic N) is 3. The van der Waals surface area contributed by atoms with E-state index in [4.69, 9.17) is 27.9 Å². The summed E-state index contributed by atoms with van der Waals surface area (Å²) in [5, 5.41) is 2.58. The Morgan fingerprint density at radius 1 is 1.33 bits per heavy atom. The van der Waals surface area contributed by atoms with Gasteiger partial charge >= 0.3 is 0 Å². The van der Waals surface area contributed by atoms with E-state index in [-0.39, 0.29) is 41.5 Å². The summed E-state index contributed by atoms with van der Waals surface area (Å²) in [5.41, 5.74) is -0.135. The van der Waals surface area contributed by atoms with Gasteiger partial charge < -0.3 is 10.1 Å². The van der Waals surface area contributed by atoms with Crippen LogP contribution in [-0.4, -0.2) is 40.1 Å². The minimum Gasteiger partial charge on any atom is -0.475 e. The molecule has 5 nitrogen and oxygen atoms in total. The van der Waals surface area contributed by atoms with E-state index >= 15 is 0 Å². The Labute approximate surface area is 145 Å². The van der Waals surface area contributed by atoms with Gasteiger partial charge in [-0.15, -0.1) is 0 Å². The fourth-order valence-corrected chi connectivity index (χ4v) is 2.88. The molecule has 1 atom stereocenters. The van der Waals surface area contributed by atoms with Gasteiger partial charge in [-0.3, -0.25) is 0 Å². The molecule has 0 aromatic carbocycles. The molecule has 0 radical (unpaired) electrons. The van der Waals surface area contributed by atoms with E-state index in [0.717, 1.165) is 0 Å². The zero-order valence-electron chi connectivity index (χ0n) is 12.3. The number of hydrogen-bond donors (Lipinski definition) is 1. The highest BCUT2D eigenvalue weighted by Crippen LogP contribution is 2.31. The Kier molecular flexibility index (Phi) is 4.98. The fraction of sp³-hybridized carbons (Fsp3) is 0.500. The average Bonchev–Trinajstić information content (AvgIpc) is 2.70. The zero-order valence-corrected chi connectivity index (χ0v) is 13.8. The van der Waals surface area contributed by atoms with Crippen LogP contribution in [0.15, 0.2) is 6.20 Å². The van der Waals surface area contributed by atoms with E-state index in [0.29, 0.717) is 13.0 Å². The van der Waals surface area contributed by atoms with Crippen molar-refractivity contribution < 1.29 is 17.9 Å². The first kappa shape index (κ1) is 17.4. The van der Waals surface area contributed by atoms with Crippen molar-refractivity contribution in [2.75, 3.05) is 13.2 Å². The SMILES string of the molecule is Fc1c(Cl)nc(OC[C@@H]2CC(F)(F)CCCN2)c2cnc(Cl)nc12. The molecule has 1 saturated heterocycles. The van der Waals surface area contributed by atoms with Crippen molar-refractivity contribution in [3.05, 3.63) is 22.5 Å². The van der Waals surface area contributed by atoms with Gasteiger partial charge in [0, 0.05) is 25.1 Å². The molecule has 1 aliphatic heterocycles. The lowest BCUT2D eigenvalue weighted by Crippen LogP contribution is -2.37. The summed E-state index contributed by atoms with van der Waals surface area (Å²) in [6, 6.07) is -0.559. The number of alkyl halides is 2. The monoisotopic (exact) mass is 380 g/mol.